The van der Waals surface area contributed by atoms with E-state index < -0.39 is 0 Å². The molecular weight excluding hydrogens is 248 g/mol. The molecule has 1 spiro atoms. The number of carbonyl (C=O) groups excluding carboxylic acids is 1. The first-order valence-corrected chi connectivity index (χ1v) is 7.24. The van der Waals surface area contributed by atoms with E-state index in [1.807, 2.05) is 0 Å². The summed E-state index contributed by atoms with van der Waals surface area (Å²) >= 11 is 0. The minimum Gasteiger partial charge on any atom is -0.340 e. The van der Waals surface area contributed by atoms with Gasteiger partial charge >= 0.3 is 0 Å². The lowest BCUT2D eigenvalue weighted by Crippen LogP contribution is -2.44. The minimum atomic E-state index is 0. The summed E-state index contributed by atoms with van der Waals surface area (Å²) in [6.45, 7) is 5.44. The molecule has 2 saturated heterocycles. The molecule has 2 atom stereocenters. The van der Waals surface area contributed by atoms with Crippen LogP contribution in [0.1, 0.15) is 45.4 Å². The van der Waals surface area contributed by atoms with Crippen LogP contribution in [0.25, 0.3) is 0 Å². The first kappa shape index (κ1) is 14.1. The summed E-state index contributed by atoms with van der Waals surface area (Å²) in [5.74, 6) is 0.837. The molecule has 0 aromatic carbocycles. The standard InChI is InChI=1S/C14H24N2O.ClH/c1-11-4-2-3-9-16(11)13(17)12-10-14(12)5-7-15-8-6-14;/h11-12,15H,2-10H2,1H3;1H. The summed E-state index contributed by atoms with van der Waals surface area (Å²) in [6, 6.07) is 0.482. The normalized spacial score (nSPS) is 33.9. The second-order valence-electron chi connectivity index (χ2n) is 6.25. The molecule has 3 fully saturated rings. The van der Waals surface area contributed by atoms with Gasteiger partial charge in [0.05, 0.1) is 0 Å². The molecule has 1 aliphatic carbocycles. The summed E-state index contributed by atoms with van der Waals surface area (Å²) in [6.07, 6.45) is 7.29. The molecule has 4 heteroatoms. The second-order valence-corrected chi connectivity index (χ2v) is 6.25. The van der Waals surface area contributed by atoms with E-state index >= 15 is 0 Å². The molecule has 0 bridgehead atoms. The predicted octanol–water partition coefficient (Wildman–Crippen LogP) is 2.20. The van der Waals surface area contributed by atoms with Gasteiger partial charge in [0, 0.05) is 18.5 Å². The fourth-order valence-corrected chi connectivity index (χ4v) is 3.80. The Morgan fingerprint density at radius 3 is 2.67 bits per heavy atom. The number of nitrogens with one attached hydrogen (secondary N) is 1. The topological polar surface area (TPSA) is 32.3 Å². The SMILES string of the molecule is CC1CCCCN1C(=O)C1CC12CCNCC2.Cl. The van der Waals surface area contributed by atoms with Crippen molar-refractivity contribution in [2.75, 3.05) is 19.6 Å². The zero-order valence-corrected chi connectivity index (χ0v) is 12.1. The number of nitrogens with zero attached hydrogens (tertiary/aromatic N) is 1. The number of hydrogen-bond donors (Lipinski definition) is 1. The molecule has 2 heterocycles. The van der Waals surface area contributed by atoms with Crippen LogP contribution in [0.3, 0.4) is 0 Å². The van der Waals surface area contributed by atoms with Crippen molar-refractivity contribution < 1.29 is 4.79 Å². The lowest BCUT2D eigenvalue weighted by molar-refractivity contribution is -0.136. The van der Waals surface area contributed by atoms with Gasteiger partial charge in [-0.25, -0.2) is 0 Å². The van der Waals surface area contributed by atoms with Crippen LogP contribution in [-0.2, 0) is 4.79 Å². The van der Waals surface area contributed by atoms with Crippen molar-refractivity contribution in [1.82, 2.24) is 10.2 Å². The molecule has 0 radical (unpaired) electrons. The average Bonchev–Trinajstić information content (AvgIpc) is 3.04. The highest BCUT2D eigenvalue weighted by atomic mass is 35.5. The third kappa shape index (κ3) is 2.39. The molecule has 0 aromatic rings. The van der Waals surface area contributed by atoms with Gasteiger partial charge in [0.2, 0.25) is 5.91 Å². The van der Waals surface area contributed by atoms with Crippen molar-refractivity contribution in [1.29, 1.82) is 0 Å². The lowest BCUT2D eigenvalue weighted by Gasteiger charge is -2.34. The van der Waals surface area contributed by atoms with Crippen molar-refractivity contribution in [2.45, 2.75) is 51.5 Å². The number of hydrogen-bond acceptors (Lipinski definition) is 2. The van der Waals surface area contributed by atoms with Crippen molar-refractivity contribution in [3.05, 3.63) is 0 Å². The fourth-order valence-electron chi connectivity index (χ4n) is 3.80. The van der Waals surface area contributed by atoms with Crippen LogP contribution in [0.15, 0.2) is 0 Å². The summed E-state index contributed by atoms with van der Waals surface area (Å²) in [7, 11) is 0. The summed E-state index contributed by atoms with van der Waals surface area (Å²) in [5, 5.41) is 3.40. The van der Waals surface area contributed by atoms with Crippen LogP contribution in [0.5, 0.6) is 0 Å². The van der Waals surface area contributed by atoms with Crippen LogP contribution in [0.2, 0.25) is 0 Å². The van der Waals surface area contributed by atoms with Gasteiger partial charge in [-0.15, -0.1) is 12.4 Å². The molecule has 2 unspecified atom stereocenters. The molecule has 3 rings (SSSR count). The van der Waals surface area contributed by atoms with Gasteiger partial charge in [0.1, 0.15) is 0 Å². The largest absolute Gasteiger partial charge is 0.340 e. The smallest absolute Gasteiger partial charge is 0.226 e. The van der Waals surface area contributed by atoms with Crippen LogP contribution < -0.4 is 5.32 Å². The highest BCUT2D eigenvalue weighted by molar-refractivity contribution is 5.85. The Bertz CT molecular complexity index is 315. The zero-order valence-electron chi connectivity index (χ0n) is 11.3. The summed E-state index contributed by atoms with van der Waals surface area (Å²) in [4.78, 5) is 14.7. The van der Waals surface area contributed by atoms with Crippen LogP contribution >= 0.6 is 12.4 Å². The van der Waals surface area contributed by atoms with Gasteiger partial charge in [-0.05, 0) is 64.0 Å². The van der Waals surface area contributed by atoms with Gasteiger partial charge < -0.3 is 10.2 Å². The minimum absolute atomic E-state index is 0. The molecule has 18 heavy (non-hydrogen) atoms. The van der Waals surface area contributed by atoms with Crippen molar-refractivity contribution >= 4 is 18.3 Å². The summed E-state index contributed by atoms with van der Waals surface area (Å²) < 4.78 is 0. The number of amides is 1. The monoisotopic (exact) mass is 272 g/mol. The van der Waals surface area contributed by atoms with Crippen molar-refractivity contribution in [3.8, 4) is 0 Å². The number of halogens is 1. The molecule has 0 aromatic heterocycles. The first-order chi connectivity index (χ1) is 8.23. The molecule has 3 nitrogen and oxygen atoms in total. The van der Waals surface area contributed by atoms with E-state index in [-0.39, 0.29) is 12.4 Å². The van der Waals surface area contributed by atoms with E-state index in [0.717, 1.165) is 26.1 Å². The molecule has 1 N–H and O–H groups in total. The molecule has 2 aliphatic heterocycles. The predicted molar refractivity (Wildman–Crippen MR) is 74.9 cm³/mol. The van der Waals surface area contributed by atoms with E-state index in [1.54, 1.807) is 0 Å². The fraction of sp³-hybridized carbons (Fsp3) is 0.929. The third-order valence-corrected chi connectivity index (χ3v) is 5.17. The number of piperidine rings is 2. The highest BCUT2D eigenvalue weighted by Gasteiger charge is 2.58. The molecule has 1 saturated carbocycles. The van der Waals surface area contributed by atoms with E-state index in [0.29, 0.717) is 23.3 Å². The Hall–Kier alpha value is -0.280. The van der Waals surface area contributed by atoms with E-state index in [1.165, 1.54) is 32.1 Å². The van der Waals surface area contributed by atoms with Crippen molar-refractivity contribution in [3.63, 3.8) is 0 Å². The van der Waals surface area contributed by atoms with Crippen LogP contribution in [0, 0.1) is 11.3 Å². The quantitative estimate of drug-likeness (QED) is 0.794. The van der Waals surface area contributed by atoms with Gasteiger partial charge in [-0.1, -0.05) is 0 Å². The van der Waals surface area contributed by atoms with Gasteiger partial charge in [-0.2, -0.15) is 0 Å². The van der Waals surface area contributed by atoms with Gasteiger partial charge in [-0.3, -0.25) is 4.79 Å². The Kier molecular flexibility index (Phi) is 4.22. The van der Waals surface area contributed by atoms with Crippen molar-refractivity contribution in [2.24, 2.45) is 11.3 Å². The maximum Gasteiger partial charge on any atom is 0.226 e. The van der Waals surface area contributed by atoms with E-state index in [2.05, 4.69) is 17.1 Å². The third-order valence-electron chi connectivity index (χ3n) is 5.17. The second kappa shape index (κ2) is 5.38. The summed E-state index contributed by atoms with van der Waals surface area (Å²) in [5.41, 5.74) is 0.402. The molecule has 1 amide bonds. The number of likely N-dealkylation sites (tertiary alicyclic amines) is 1. The maximum atomic E-state index is 12.5. The molecule has 3 aliphatic rings. The van der Waals surface area contributed by atoms with E-state index in [4.69, 9.17) is 0 Å². The Morgan fingerprint density at radius 2 is 2.00 bits per heavy atom. The Morgan fingerprint density at radius 1 is 1.28 bits per heavy atom. The number of carbonyl (C=O) groups is 1. The first-order valence-electron chi connectivity index (χ1n) is 7.24. The van der Waals surface area contributed by atoms with Gasteiger partial charge in [0.25, 0.3) is 0 Å². The highest BCUT2D eigenvalue weighted by Crippen LogP contribution is 2.59. The molecule has 104 valence electrons. The number of rotatable bonds is 1. The zero-order chi connectivity index (χ0) is 11.9. The Labute approximate surface area is 116 Å². The van der Waals surface area contributed by atoms with Crippen LogP contribution in [0.4, 0.5) is 0 Å². The van der Waals surface area contributed by atoms with Gasteiger partial charge in [0.15, 0.2) is 0 Å². The maximum absolute atomic E-state index is 12.5. The Balaban J connectivity index is 0.00000120. The van der Waals surface area contributed by atoms with Crippen LogP contribution in [-0.4, -0.2) is 36.5 Å². The average molecular weight is 273 g/mol. The van der Waals surface area contributed by atoms with E-state index in [9.17, 15) is 4.79 Å². The lowest BCUT2D eigenvalue weighted by atomic mass is 9.91. The molecular formula is C14H25ClN2O.